The van der Waals surface area contributed by atoms with Crippen LogP contribution in [0.15, 0.2) is 29.2 Å². The van der Waals surface area contributed by atoms with Crippen molar-refractivity contribution < 1.29 is 13.5 Å². The Morgan fingerprint density at radius 3 is 2.58 bits per heavy atom. The van der Waals surface area contributed by atoms with Crippen LogP contribution in [0.4, 0.5) is 0 Å². The van der Waals surface area contributed by atoms with E-state index in [9.17, 15) is 13.5 Å². The van der Waals surface area contributed by atoms with Crippen LogP contribution >= 0.6 is 12.2 Å². The number of hydrogen-bond donors (Lipinski definition) is 2. The summed E-state index contributed by atoms with van der Waals surface area (Å²) in [5.74, 6) is 0. The molecule has 0 saturated carbocycles. The van der Waals surface area contributed by atoms with Crippen molar-refractivity contribution in [3.63, 3.8) is 0 Å². The van der Waals surface area contributed by atoms with E-state index in [-0.39, 0.29) is 16.4 Å². The van der Waals surface area contributed by atoms with Crippen molar-refractivity contribution in [2.75, 3.05) is 13.6 Å². The van der Waals surface area contributed by atoms with Crippen LogP contribution in [0.3, 0.4) is 0 Å². The average molecular weight is 302 g/mol. The van der Waals surface area contributed by atoms with Gasteiger partial charge in [-0.05, 0) is 19.4 Å². The van der Waals surface area contributed by atoms with Crippen LogP contribution in [0, 0.1) is 0 Å². The highest BCUT2D eigenvalue weighted by Crippen LogP contribution is 2.19. The van der Waals surface area contributed by atoms with Crippen LogP contribution in [0.2, 0.25) is 0 Å². The third kappa shape index (κ3) is 3.97. The van der Waals surface area contributed by atoms with Gasteiger partial charge in [0.1, 0.15) is 4.99 Å². The van der Waals surface area contributed by atoms with E-state index in [4.69, 9.17) is 18.0 Å². The van der Waals surface area contributed by atoms with Gasteiger partial charge in [-0.15, -0.1) is 0 Å². The summed E-state index contributed by atoms with van der Waals surface area (Å²) in [7, 11) is -2.19. The first kappa shape index (κ1) is 16.0. The van der Waals surface area contributed by atoms with Gasteiger partial charge in [0.2, 0.25) is 10.0 Å². The lowest BCUT2D eigenvalue weighted by atomic mass is 10.2. The van der Waals surface area contributed by atoms with E-state index in [1.165, 1.54) is 17.4 Å². The van der Waals surface area contributed by atoms with E-state index in [1.54, 1.807) is 25.1 Å². The maximum Gasteiger partial charge on any atom is 0.243 e. The van der Waals surface area contributed by atoms with E-state index in [1.807, 2.05) is 0 Å². The highest BCUT2D eigenvalue weighted by Gasteiger charge is 2.24. The third-order valence-corrected chi connectivity index (χ3v) is 4.84. The molecule has 0 radical (unpaired) electrons. The maximum atomic E-state index is 12.4. The van der Waals surface area contributed by atoms with Gasteiger partial charge in [-0.3, -0.25) is 0 Å². The second kappa shape index (κ2) is 6.42. The van der Waals surface area contributed by atoms with Gasteiger partial charge in [0.25, 0.3) is 0 Å². The van der Waals surface area contributed by atoms with Crippen molar-refractivity contribution in [3.05, 3.63) is 29.8 Å². The Balaban J connectivity index is 3.10. The number of sulfonamides is 1. The van der Waals surface area contributed by atoms with E-state index < -0.39 is 16.1 Å². The molecule has 7 heteroatoms. The van der Waals surface area contributed by atoms with Gasteiger partial charge >= 0.3 is 0 Å². The Hall–Kier alpha value is -1.02. The predicted molar refractivity (Wildman–Crippen MR) is 78.4 cm³/mol. The molecule has 1 unspecified atom stereocenters. The number of benzene rings is 1. The summed E-state index contributed by atoms with van der Waals surface area (Å²) >= 11 is 4.87. The van der Waals surface area contributed by atoms with Crippen LogP contribution < -0.4 is 5.73 Å². The van der Waals surface area contributed by atoms with Crippen LogP contribution in [0.1, 0.15) is 18.9 Å². The third-order valence-electron chi connectivity index (χ3n) is 2.70. The summed E-state index contributed by atoms with van der Waals surface area (Å²) < 4.78 is 26.0. The van der Waals surface area contributed by atoms with Crippen molar-refractivity contribution >= 4 is 27.2 Å². The minimum atomic E-state index is -3.66. The smallest absolute Gasteiger partial charge is 0.243 e. The van der Waals surface area contributed by atoms with Gasteiger partial charge < -0.3 is 10.8 Å². The Kier molecular flexibility index (Phi) is 5.42. The molecule has 0 amide bonds. The summed E-state index contributed by atoms with van der Waals surface area (Å²) in [6.07, 6.45) is -0.186. The summed E-state index contributed by atoms with van der Waals surface area (Å²) in [5.41, 5.74) is 5.88. The molecule has 0 spiro atoms. The first-order chi connectivity index (χ1) is 8.76. The molecule has 0 heterocycles. The summed E-state index contributed by atoms with van der Waals surface area (Å²) in [6.45, 7) is 1.84. The number of aliphatic hydroxyl groups excluding tert-OH is 1. The van der Waals surface area contributed by atoms with Crippen molar-refractivity contribution in [1.82, 2.24) is 4.31 Å². The molecule has 106 valence electrons. The van der Waals surface area contributed by atoms with Crippen molar-refractivity contribution in [1.29, 1.82) is 0 Å². The topological polar surface area (TPSA) is 83.6 Å². The van der Waals surface area contributed by atoms with Crippen molar-refractivity contribution in [3.8, 4) is 0 Å². The first-order valence-corrected chi connectivity index (χ1v) is 7.65. The molecule has 1 aromatic rings. The van der Waals surface area contributed by atoms with E-state index in [0.29, 0.717) is 12.0 Å². The molecule has 0 fully saturated rings. The number of aliphatic hydroxyl groups is 1. The number of nitrogens with two attached hydrogens (primary N) is 1. The highest BCUT2D eigenvalue weighted by atomic mass is 32.2. The van der Waals surface area contributed by atoms with Gasteiger partial charge in [0.05, 0.1) is 11.0 Å². The van der Waals surface area contributed by atoms with Crippen LogP contribution in [-0.2, 0) is 10.0 Å². The molecule has 0 aliphatic rings. The minimum absolute atomic E-state index is 0.0445. The Labute approximate surface area is 119 Å². The fourth-order valence-electron chi connectivity index (χ4n) is 1.55. The highest BCUT2D eigenvalue weighted by molar-refractivity contribution is 7.89. The summed E-state index contributed by atoms with van der Waals surface area (Å²) in [4.78, 5) is 0.138. The second-order valence-electron chi connectivity index (χ2n) is 4.32. The van der Waals surface area contributed by atoms with Gasteiger partial charge in [-0.2, -0.15) is 0 Å². The monoisotopic (exact) mass is 302 g/mol. The zero-order valence-corrected chi connectivity index (χ0v) is 12.5. The van der Waals surface area contributed by atoms with Crippen molar-refractivity contribution in [2.45, 2.75) is 24.3 Å². The van der Waals surface area contributed by atoms with E-state index in [0.717, 1.165) is 0 Å². The fraction of sp³-hybridized carbons (Fsp3) is 0.417. The zero-order valence-electron chi connectivity index (χ0n) is 10.9. The molecule has 1 aromatic carbocycles. The molecule has 0 aliphatic carbocycles. The number of nitrogens with zero attached hydrogens (tertiary/aromatic N) is 1. The number of thiocarbonyl (C=S) groups is 1. The Morgan fingerprint density at radius 1 is 1.47 bits per heavy atom. The molecular formula is C12H18N2O3S2. The fourth-order valence-corrected chi connectivity index (χ4v) is 3.18. The van der Waals surface area contributed by atoms with Crippen LogP contribution in [-0.4, -0.2) is 42.5 Å². The maximum absolute atomic E-state index is 12.4. The Morgan fingerprint density at radius 2 is 2.05 bits per heavy atom. The van der Waals surface area contributed by atoms with Gasteiger partial charge in [-0.1, -0.05) is 30.4 Å². The first-order valence-electron chi connectivity index (χ1n) is 5.80. The van der Waals surface area contributed by atoms with E-state index >= 15 is 0 Å². The molecule has 0 aliphatic heterocycles. The molecule has 0 bridgehead atoms. The van der Waals surface area contributed by atoms with E-state index in [2.05, 4.69) is 0 Å². The van der Waals surface area contributed by atoms with Crippen LogP contribution in [0.25, 0.3) is 0 Å². The summed E-state index contributed by atoms with van der Waals surface area (Å²) in [6, 6.07) is 6.36. The van der Waals surface area contributed by atoms with Crippen LogP contribution in [0.5, 0.6) is 0 Å². The SMILES string of the molecule is CC(O)CCN(C)S(=O)(=O)c1ccccc1C(N)=S. The number of hydrogen-bond acceptors (Lipinski definition) is 4. The lowest BCUT2D eigenvalue weighted by molar-refractivity contribution is 0.177. The van der Waals surface area contributed by atoms with Crippen molar-refractivity contribution in [2.24, 2.45) is 5.73 Å². The zero-order chi connectivity index (χ0) is 14.6. The molecule has 1 rings (SSSR count). The molecule has 1 atom stereocenters. The molecule has 0 saturated heterocycles. The molecule has 5 nitrogen and oxygen atoms in total. The molecule has 3 N–H and O–H groups in total. The molecule has 0 aromatic heterocycles. The average Bonchev–Trinajstić information content (AvgIpc) is 2.35. The minimum Gasteiger partial charge on any atom is -0.393 e. The molecule has 19 heavy (non-hydrogen) atoms. The normalized spacial score (nSPS) is 13.5. The number of rotatable bonds is 6. The second-order valence-corrected chi connectivity index (χ2v) is 6.78. The largest absolute Gasteiger partial charge is 0.393 e. The van der Waals surface area contributed by atoms with Gasteiger partial charge in [-0.25, -0.2) is 12.7 Å². The van der Waals surface area contributed by atoms with Gasteiger partial charge in [0.15, 0.2) is 0 Å². The molecular weight excluding hydrogens is 284 g/mol. The lowest BCUT2D eigenvalue weighted by Gasteiger charge is -2.19. The standard InChI is InChI=1S/C12H18N2O3S2/c1-9(15)7-8-14(2)19(16,17)11-6-4-3-5-10(11)12(13)18/h3-6,9,15H,7-8H2,1-2H3,(H2,13,18). The predicted octanol–water partition coefficient (Wildman–Crippen LogP) is 0.712. The Bertz CT molecular complexity index is 556. The summed E-state index contributed by atoms with van der Waals surface area (Å²) in [5, 5.41) is 9.22. The quantitative estimate of drug-likeness (QED) is 0.756. The van der Waals surface area contributed by atoms with Gasteiger partial charge in [0, 0.05) is 19.2 Å². The lowest BCUT2D eigenvalue weighted by Crippen LogP contribution is -2.31.